The number of sulfone groups is 1. The minimum absolute atomic E-state index is 0.0222. The maximum Gasteiger partial charge on any atom is 0.241 e. The molecule has 1 aromatic carbocycles. The van der Waals surface area contributed by atoms with E-state index in [2.05, 4.69) is 34.7 Å². The van der Waals surface area contributed by atoms with Crippen LogP contribution < -0.4 is 4.90 Å². The Hall–Kier alpha value is -0.920. The van der Waals surface area contributed by atoms with E-state index in [0.717, 1.165) is 16.6 Å². The molecule has 2 fully saturated rings. The van der Waals surface area contributed by atoms with Crippen molar-refractivity contribution in [3.05, 3.63) is 28.7 Å². The smallest absolute Gasteiger partial charge is 0.241 e. The molecule has 3 rings (SSSR count). The summed E-state index contributed by atoms with van der Waals surface area (Å²) in [6, 6.07) is 7.27. The van der Waals surface area contributed by atoms with Crippen LogP contribution in [0.15, 0.2) is 28.7 Å². The SMILES string of the molecule is CC[C@@H](C)N1CC(=O)N(c2ccc(Br)cc2)[C@@H]2CS(=O)(=O)C[C@@H]21. The number of hydrogen-bond acceptors (Lipinski definition) is 4. The molecule has 2 aliphatic rings. The van der Waals surface area contributed by atoms with Crippen molar-refractivity contribution in [2.75, 3.05) is 23.0 Å². The van der Waals surface area contributed by atoms with Crippen molar-refractivity contribution in [3.8, 4) is 0 Å². The van der Waals surface area contributed by atoms with E-state index in [9.17, 15) is 13.2 Å². The first-order valence-electron chi connectivity index (χ1n) is 7.86. The molecule has 23 heavy (non-hydrogen) atoms. The Kier molecular flexibility index (Phi) is 4.55. The molecule has 126 valence electrons. The van der Waals surface area contributed by atoms with Crippen molar-refractivity contribution in [3.63, 3.8) is 0 Å². The molecule has 2 saturated heterocycles. The molecule has 2 aliphatic heterocycles. The van der Waals surface area contributed by atoms with E-state index in [1.807, 2.05) is 24.3 Å². The maximum atomic E-state index is 12.7. The largest absolute Gasteiger partial charge is 0.306 e. The molecule has 0 saturated carbocycles. The van der Waals surface area contributed by atoms with Crippen LogP contribution in [0.25, 0.3) is 0 Å². The molecule has 0 unspecified atom stereocenters. The second-order valence-electron chi connectivity index (χ2n) is 6.38. The Morgan fingerprint density at radius 2 is 1.83 bits per heavy atom. The number of halogens is 1. The third-order valence-electron chi connectivity index (χ3n) is 4.90. The van der Waals surface area contributed by atoms with Crippen LogP contribution in [0.4, 0.5) is 5.69 Å². The Morgan fingerprint density at radius 3 is 2.43 bits per heavy atom. The van der Waals surface area contributed by atoms with Gasteiger partial charge in [-0.05, 0) is 37.6 Å². The van der Waals surface area contributed by atoms with Gasteiger partial charge in [0.05, 0.1) is 24.1 Å². The topological polar surface area (TPSA) is 57.7 Å². The summed E-state index contributed by atoms with van der Waals surface area (Å²) in [5, 5.41) is 0. The van der Waals surface area contributed by atoms with Crippen LogP contribution in [0.1, 0.15) is 20.3 Å². The monoisotopic (exact) mass is 400 g/mol. The Bertz CT molecular complexity index is 705. The van der Waals surface area contributed by atoms with E-state index in [0.29, 0.717) is 0 Å². The summed E-state index contributed by atoms with van der Waals surface area (Å²) in [4.78, 5) is 16.5. The summed E-state index contributed by atoms with van der Waals surface area (Å²) in [6.45, 7) is 4.40. The molecule has 0 bridgehead atoms. The van der Waals surface area contributed by atoms with Gasteiger partial charge < -0.3 is 4.90 Å². The first-order chi connectivity index (χ1) is 10.8. The molecule has 0 radical (unpaired) electrons. The van der Waals surface area contributed by atoms with Crippen molar-refractivity contribution < 1.29 is 13.2 Å². The molecule has 3 atom stereocenters. The van der Waals surface area contributed by atoms with Gasteiger partial charge in [0.15, 0.2) is 9.84 Å². The third-order valence-corrected chi connectivity index (χ3v) is 7.13. The average Bonchev–Trinajstić information content (AvgIpc) is 2.82. The molecular formula is C16H21BrN2O3S. The average molecular weight is 401 g/mol. The van der Waals surface area contributed by atoms with Gasteiger partial charge in [0, 0.05) is 22.2 Å². The number of anilines is 1. The molecule has 0 aliphatic carbocycles. The first kappa shape index (κ1) is 16.9. The number of fused-ring (bicyclic) bond motifs is 1. The highest BCUT2D eigenvalue weighted by Crippen LogP contribution is 2.33. The quantitative estimate of drug-likeness (QED) is 0.778. The lowest BCUT2D eigenvalue weighted by atomic mass is 10.0. The number of piperazine rings is 1. The highest BCUT2D eigenvalue weighted by molar-refractivity contribution is 9.10. The van der Waals surface area contributed by atoms with E-state index >= 15 is 0 Å². The number of carbonyl (C=O) groups excluding carboxylic acids is 1. The highest BCUT2D eigenvalue weighted by atomic mass is 79.9. The minimum Gasteiger partial charge on any atom is -0.306 e. The molecule has 7 heteroatoms. The molecular weight excluding hydrogens is 380 g/mol. The highest BCUT2D eigenvalue weighted by Gasteiger charge is 2.50. The molecule has 0 N–H and O–H groups in total. The fourth-order valence-corrected chi connectivity index (χ4v) is 5.79. The second-order valence-corrected chi connectivity index (χ2v) is 9.45. The number of rotatable bonds is 3. The van der Waals surface area contributed by atoms with Gasteiger partial charge in [0.1, 0.15) is 0 Å². The summed E-state index contributed by atoms with van der Waals surface area (Å²) in [6.07, 6.45) is 0.898. The lowest BCUT2D eigenvalue weighted by Crippen LogP contribution is -2.63. The standard InChI is InChI=1S/C16H21BrN2O3S/c1-3-11(2)18-8-16(20)19(13-6-4-12(17)5-7-13)15-10-23(21,22)9-14(15)18/h4-7,11,14-15H,3,8-10H2,1-2H3/t11-,14+,15-/m1/s1. The van der Waals surface area contributed by atoms with Gasteiger partial charge in [-0.1, -0.05) is 22.9 Å². The fraction of sp³-hybridized carbons (Fsp3) is 0.562. The molecule has 1 amide bonds. The Balaban J connectivity index is 1.99. The van der Waals surface area contributed by atoms with Crippen LogP contribution in [0.3, 0.4) is 0 Å². The van der Waals surface area contributed by atoms with Gasteiger partial charge >= 0.3 is 0 Å². The van der Waals surface area contributed by atoms with Crippen LogP contribution >= 0.6 is 15.9 Å². The van der Waals surface area contributed by atoms with Crippen molar-refractivity contribution in [2.24, 2.45) is 0 Å². The van der Waals surface area contributed by atoms with Crippen LogP contribution in [0.5, 0.6) is 0 Å². The van der Waals surface area contributed by atoms with E-state index < -0.39 is 9.84 Å². The predicted octanol–water partition coefficient (Wildman–Crippen LogP) is 2.06. The molecule has 1 aromatic rings. The summed E-state index contributed by atoms with van der Waals surface area (Å²) in [5.41, 5.74) is 0.772. The first-order valence-corrected chi connectivity index (χ1v) is 10.5. The molecule has 2 heterocycles. The Morgan fingerprint density at radius 1 is 1.22 bits per heavy atom. The van der Waals surface area contributed by atoms with Crippen LogP contribution in [0.2, 0.25) is 0 Å². The second kappa shape index (κ2) is 6.18. The predicted molar refractivity (Wildman–Crippen MR) is 94.3 cm³/mol. The number of nitrogens with zero attached hydrogens (tertiary/aromatic N) is 2. The molecule has 0 aromatic heterocycles. The minimum atomic E-state index is -3.12. The van der Waals surface area contributed by atoms with Crippen LogP contribution in [0, 0.1) is 0 Å². The van der Waals surface area contributed by atoms with Crippen LogP contribution in [-0.2, 0) is 14.6 Å². The van der Waals surface area contributed by atoms with Crippen molar-refractivity contribution in [1.29, 1.82) is 0 Å². The molecule has 5 nitrogen and oxygen atoms in total. The van der Waals surface area contributed by atoms with Crippen molar-refractivity contribution in [1.82, 2.24) is 4.90 Å². The van der Waals surface area contributed by atoms with E-state index in [1.165, 1.54) is 0 Å². The normalized spacial score (nSPS) is 28.7. The van der Waals surface area contributed by atoms with Gasteiger partial charge in [0.25, 0.3) is 0 Å². The summed E-state index contributed by atoms with van der Waals surface area (Å²) < 4.78 is 25.4. The zero-order valence-corrected chi connectivity index (χ0v) is 15.7. The van der Waals surface area contributed by atoms with Crippen LogP contribution in [-0.4, -0.2) is 55.4 Å². The van der Waals surface area contributed by atoms with Crippen molar-refractivity contribution in [2.45, 2.75) is 38.4 Å². The zero-order chi connectivity index (χ0) is 16.8. The van der Waals surface area contributed by atoms with Gasteiger partial charge in [0.2, 0.25) is 5.91 Å². The summed E-state index contributed by atoms with van der Waals surface area (Å²) >= 11 is 3.39. The number of amides is 1. The molecule has 0 spiro atoms. The number of benzene rings is 1. The van der Waals surface area contributed by atoms with Gasteiger partial charge in [-0.3, -0.25) is 9.69 Å². The lowest BCUT2D eigenvalue weighted by molar-refractivity contribution is -0.124. The van der Waals surface area contributed by atoms with E-state index in [4.69, 9.17) is 0 Å². The fourth-order valence-electron chi connectivity index (χ4n) is 3.56. The van der Waals surface area contributed by atoms with Gasteiger partial charge in [-0.15, -0.1) is 0 Å². The summed E-state index contributed by atoms with van der Waals surface area (Å²) in [7, 11) is -3.12. The van der Waals surface area contributed by atoms with Gasteiger partial charge in [-0.2, -0.15) is 0 Å². The van der Waals surface area contributed by atoms with Gasteiger partial charge in [-0.25, -0.2) is 8.42 Å². The van der Waals surface area contributed by atoms with Crippen molar-refractivity contribution >= 4 is 37.4 Å². The van der Waals surface area contributed by atoms with E-state index in [-0.39, 0.29) is 42.1 Å². The third kappa shape index (κ3) is 3.19. The zero-order valence-electron chi connectivity index (χ0n) is 13.3. The summed E-state index contributed by atoms with van der Waals surface area (Å²) in [5.74, 6) is 0.167. The lowest BCUT2D eigenvalue weighted by Gasteiger charge is -2.45. The number of carbonyl (C=O) groups is 1. The Labute approximate surface area is 145 Å². The van der Waals surface area contributed by atoms with E-state index in [1.54, 1.807) is 4.90 Å². The maximum absolute atomic E-state index is 12.7. The number of hydrogen-bond donors (Lipinski definition) is 0.